The number of aromatic nitrogens is 2. The fourth-order valence-corrected chi connectivity index (χ4v) is 5.20. The van der Waals surface area contributed by atoms with E-state index in [1.165, 1.54) is 0 Å². The molecule has 1 atom stereocenters. The molecule has 4 heterocycles. The van der Waals surface area contributed by atoms with E-state index >= 15 is 0 Å². The number of thiophene rings is 1. The van der Waals surface area contributed by atoms with E-state index in [1.807, 2.05) is 47.8 Å². The van der Waals surface area contributed by atoms with Crippen molar-refractivity contribution in [3.8, 4) is 22.8 Å². The van der Waals surface area contributed by atoms with Crippen LogP contribution >= 0.6 is 11.3 Å². The van der Waals surface area contributed by atoms with Crippen LogP contribution in [-0.2, 0) is 4.79 Å². The van der Waals surface area contributed by atoms with Gasteiger partial charge in [-0.25, -0.2) is 0 Å². The van der Waals surface area contributed by atoms with Crippen molar-refractivity contribution in [2.24, 2.45) is 0 Å². The normalized spacial score (nSPS) is 16.5. The van der Waals surface area contributed by atoms with Gasteiger partial charge in [0.05, 0.1) is 5.52 Å². The van der Waals surface area contributed by atoms with E-state index in [0.717, 1.165) is 65.1 Å². The summed E-state index contributed by atoms with van der Waals surface area (Å²) < 4.78 is 10.9. The number of amides is 1. The second-order valence-corrected chi connectivity index (χ2v) is 8.87. The number of aromatic amines is 1. The van der Waals surface area contributed by atoms with Crippen molar-refractivity contribution >= 4 is 33.8 Å². The SMILES string of the molecule is O=C(Nc1ccc2[nH]nc(-c3ccc4c(c3)OCO4)c2c1)C(c1ccsc1)N1CCCC1. The molecule has 162 valence electrons. The van der Waals surface area contributed by atoms with Crippen molar-refractivity contribution < 1.29 is 14.3 Å². The molecule has 0 spiro atoms. The molecular weight excluding hydrogens is 424 g/mol. The quantitative estimate of drug-likeness (QED) is 0.461. The summed E-state index contributed by atoms with van der Waals surface area (Å²) in [6.45, 7) is 2.13. The number of likely N-dealkylation sites (tertiary alicyclic amines) is 1. The van der Waals surface area contributed by atoms with Crippen molar-refractivity contribution in [2.45, 2.75) is 18.9 Å². The Morgan fingerprint density at radius 3 is 2.81 bits per heavy atom. The average Bonchev–Trinajstić information content (AvgIpc) is 3.60. The first-order valence-corrected chi connectivity index (χ1v) is 11.7. The molecule has 1 fully saturated rings. The number of H-pyrrole nitrogens is 1. The van der Waals surface area contributed by atoms with Gasteiger partial charge in [0.15, 0.2) is 11.5 Å². The maximum Gasteiger partial charge on any atom is 0.246 e. The van der Waals surface area contributed by atoms with Crippen LogP contribution in [-0.4, -0.2) is 40.9 Å². The molecule has 2 aliphatic rings. The van der Waals surface area contributed by atoms with E-state index in [1.54, 1.807) is 11.3 Å². The van der Waals surface area contributed by atoms with Gasteiger partial charge in [-0.15, -0.1) is 0 Å². The minimum Gasteiger partial charge on any atom is -0.454 e. The Kier molecular flexibility index (Phi) is 4.81. The van der Waals surface area contributed by atoms with Gasteiger partial charge < -0.3 is 14.8 Å². The molecule has 2 aromatic heterocycles. The lowest BCUT2D eigenvalue weighted by atomic mass is 10.1. The molecule has 1 amide bonds. The standard InChI is InChI=1S/C24H22N4O3S/c29-24(23(16-7-10-32-13-16)28-8-1-2-9-28)25-17-4-5-19-18(12-17)22(27-26-19)15-3-6-20-21(11-15)31-14-30-20/h3-7,10-13,23H,1-2,8-9,14H2,(H,25,29)(H,26,27). The maximum atomic E-state index is 13.4. The first-order chi connectivity index (χ1) is 15.8. The van der Waals surface area contributed by atoms with Crippen LogP contribution in [0.1, 0.15) is 24.4 Å². The number of nitrogens with one attached hydrogen (secondary N) is 2. The number of carbonyl (C=O) groups excluding carboxylic acids is 1. The minimum absolute atomic E-state index is 0.00206. The lowest BCUT2D eigenvalue weighted by molar-refractivity contribution is -0.121. The van der Waals surface area contributed by atoms with Gasteiger partial charge >= 0.3 is 0 Å². The second-order valence-electron chi connectivity index (χ2n) is 8.09. The molecule has 2 aliphatic heterocycles. The Morgan fingerprint density at radius 1 is 1.09 bits per heavy atom. The summed E-state index contributed by atoms with van der Waals surface area (Å²) in [5.41, 5.74) is 4.45. The molecule has 2 aromatic carbocycles. The van der Waals surface area contributed by atoms with E-state index in [0.29, 0.717) is 5.75 Å². The zero-order valence-electron chi connectivity index (χ0n) is 17.3. The smallest absolute Gasteiger partial charge is 0.246 e. The van der Waals surface area contributed by atoms with Crippen LogP contribution in [0, 0.1) is 0 Å². The molecular formula is C24H22N4O3S. The van der Waals surface area contributed by atoms with Gasteiger partial charge in [0.25, 0.3) is 0 Å². The number of carbonyl (C=O) groups is 1. The third kappa shape index (κ3) is 3.41. The Bertz CT molecular complexity index is 1280. The predicted octanol–water partition coefficient (Wildman–Crippen LogP) is 4.80. The third-order valence-electron chi connectivity index (χ3n) is 6.09. The molecule has 4 aromatic rings. The van der Waals surface area contributed by atoms with E-state index in [2.05, 4.69) is 25.8 Å². The first-order valence-electron chi connectivity index (χ1n) is 10.7. The summed E-state index contributed by atoms with van der Waals surface area (Å²) in [4.78, 5) is 15.6. The Labute approximate surface area is 189 Å². The summed E-state index contributed by atoms with van der Waals surface area (Å²) in [6, 6.07) is 13.4. The lowest BCUT2D eigenvalue weighted by Crippen LogP contribution is -2.35. The zero-order chi connectivity index (χ0) is 21.5. The molecule has 0 aliphatic carbocycles. The van der Waals surface area contributed by atoms with Crippen LogP contribution in [0.2, 0.25) is 0 Å². The summed E-state index contributed by atoms with van der Waals surface area (Å²) in [7, 11) is 0. The summed E-state index contributed by atoms with van der Waals surface area (Å²) >= 11 is 1.62. The van der Waals surface area contributed by atoms with Gasteiger partial charge in [0.1, 0.15) is 11.7 Å². The molecule has 1 saturated heterocycles. The number of ether oxygens (including phenoxy) is 2. The fraction of sp³-hybridized carbons (Fsp3) is 0.250. The monoisotopic (exact) mass is 446 g/mol. The topological polar surface area (TPSA) is 79.5 Å². The van der Waals surface area contributed by atoms with Gasteiger partial charge in [-0.2, -0.15) is 16.4 Å². The highest BCUT2D eigenvalue weighted by Crippen LogP contribution is 2.37. The van der Waals surface area contributed by atoms with Crippen LogP contribution < -0.4 is 14.8 Å². The van der Waals surface area contributed by atoms with Crippen molar-refractivity contribution in [1.29, 1.82) is 0 Å². The number of hydrogen-bond donors (Lipinski definition) is 2. The number of fused-ring (bicyclic) bond motifs is 2. The van der Waals surface area contributed by atoms with Gasteiger partial charge in [-0.1, -0.05) is 0 Å². The molecule has 8 heteroatoms. The number of nitrogens with zero attached hydrogens (tertiary/aromatic N) is 2. The molecule has 1 unspecified atom stereocenters. The first kappa shape index (κ1) is 19.3. The largest absolute Gasteiger partial charge is 0.454 e. The van der Waals surface area contributed by atoms with E-state index in [-0.39, 0.29) is 18.7 Å². The predicted molar refractivity (Wildman–Crippen MR) is 124 cm³/mol. The molecule has 32 heavy (non-hydrogen) atoms. The summed E-state index contributed by atoms with van der Waals surface area (Å²) in [5, 5.41) is 15.8. The van der Waals surface area contributed by atoms with Crippen molar-refractivity contribution in [3.05, 3.63) is 58.8 Å². The van der Waals surface area contributed by atoms with Gasteiger partial charge in [-0.3, -0.25) is 14.8 Å². The van der Waals surface area contributed by atoms with E-state index < -0.39 is 0 Å². The number of rotatable bonds is 5. The molecule has 0 bridgehead atoms. The fourth-order valence-electron chi connectivity index (χ4n) is 4.52. The minimum atomic E-state index is -0.267. The molecule has 0 saturated carbocycles. The van der Waals surface area contributed by atoms with Gasteiger partial charge in [0.2, 0.25) is 12.7 Å². The van der Waals surface area contributed by atoms with Crippen LogP contribution in [0.15, 0.2) is 53.2 Å². The van der Waals surface area contributed by atoms with E-state index in [9.17, 15) is 4.79 Å². The van der Waals surface area contributed by atoms with Gasteiger partial charge in [0, 0.05) is 16.6 Å². The summed E-state index contributed by atoms with van der Waals surface area (Å²) in [5.74, 6) is 1.45. The Balaban J connectivity index is 1.31. The van der Waals surface area contributed by atoms with Crippen LogP contribution in [0.25, 0.3) is 22.2 Å². The van der Waals surface area contributed by atoms with Crippen LogP contribution in [0.5, 0.6) is 11.5 Å². The number of anilines is 1. The molecule has 6 rings (SSSR count). The highest BCUT2D eigenvalue weighted by atomic mass is 32.1. The maximum absolute atomic E-state index is 13.4. The molecule has 2 N–H and O–H groups in total. The number of hydrogen-bond acceptors (Lipinski definition) is 6. The van der Waals surface area contributed by atoms with Crippen molar-refractivity contribution in [3.63, 3.8) is 0 Å². The number of benzene rings is 2. The van der Waals surface area contributed by atoms with Gasteiger partial charge in [-0.05, 0) is 84.7 Å². The Hall–Kier alpha value is -3.36. The molecule has 7 nitrogen and oxygen atoms in total. The third-order valence-corrected chi connectivity index (χ3v) is 6.79. The van der Waals surface area contributed by atoms with Crippen LogP contribution in [0.3, 0.4) is 0 Å². The van der Waals surface area contributed by atoms with E-state index in [4.69, 9.17) is 9.47 Å². The lowest BCUT2D eigenvalue weighted by Gasteiger charge is -2.26. The zero-order valence-corrected chi connectivity index (χ0v) is 18.2. The summed E-state index contributed by atoms with van der Waals surface area (Å²) in [6.07, 6.45) is 2.27. The average molecular weight is 447 g/mol. The molecule has 0 radical (unpaired) electrons. The van der Waals surface area contributed by atoms with Crippen molar-refractivity contribution in [2.75, 3.05) is 25.2 Å². The van der Waals surface area contributed by atoms with Crippen molar-refractivity contribution in [1.82, 2.24) is 15.1 Å². The second kappa shape index (κ2) is 7.96. The highest BCUT2D eigenvalue weighted by molar-refractivity contribution is 7.08. The Morgan fingerprint density at radius 2 is 1.97 bits per heavy atom. The highest BCUT2D eigenvalue weighted by Gasteiger charge is 2.30. The van der Waals surface area contributed by atoms with Crippen LogP contribution in [0.4, 0.5) is 5.69 Å².